The van der Waals surface area contributed by atoms with Gasteiger partial charge in [-0.3, -0.25) is 9.59 Å². The third-order valence-corrected chi connectivity index (χ3v) is 3.49. The number of carbonyl (C=O) groups excluding carboxylic acids is 2. The summed E-state index contributed by atoms with van der Waals surface area (Å²) in [7, 11) is 0. The van der Waals surface area contributed by atoms with E-state index in [1.807, 2.05) is 34.6 Å². The topological polar surface area (TPSA) is 52.6 Å². The van der Waals surface area contributed by atoms with Gasteiger partial charge >= 0.3 is 11.9 Å². The van der Waals surface area contributed by atoms with Crippen molar-refractivity contribution in [2.75, 3.05) is 13.2 Å². The summed E-state index contributed by atoms with van der Waals surface area (Å²) in [6, 6.07) is 0. The van der Waals surface area contributed by atoms with Crippen LogP contribution in [0.15, 0.2) is 0 Å². The maximum absolute atomic E-state index is 11.5. The molecule has 0 rings (SSSR count). The normalized spacial score (nSPS) is 11.5. The average Bonchev–Trinajstić information content (AvgIpc) is 2.39. The Morgan fingerprint density at radius 1 is 1.00 bits per heavy atom. The fraction of sp³-hybridized carbons (Fsp3) is 0.867. The van der Waals surface area contributed by atoms with Gasteiger partial charge in [-0.25, -0.2) is 0 Å². The smallest absolute Gasteiger partial charge is 0.308 e. The van der Waals surface area contributed by atoms with Crippen LogP contribution in [0.3, 0.4) is 0 Å². The molecule has 0 bridgehead atoms. The highest BCUT2D eigenvalue weighted by molar-refractivity contribution is 5.71. The molecule has 4 nitrogen and oxygen atoms in total. The molecule has 4 heteroatoms. The lowest BCUT2D eigenvalue weighted by Gasteiger charge is -2.30. The first-order chi connectivity index (χ1) is 8.90. The summed E-state index contributed by atoms with van der Waals surface area (Å²) in [5.41, 5.74) is -0.256. The second kappa shape index (κ2) is 8.94. The fourth-order valence-corrected chi connectivity index (χ4v) is 1.60. The van der Waals surface area contributed by atoms with Crippen LogP contribution in [0.5, 0.6) is 0 Å². The molecule has 0 aliphatic carbocycles. The van der Waals surface area contributed by atoms with Crippen molar-refractivity contribution in [2.24, 2.45) is 11.3 Å². The van der Waals surface area contributed by atoms with E-state index < -0.39 is 0 Å². The Kier molecular flexibility index (Phi) is 8.44. The van der Waals surface area contributed by atoms with E-state index in [1.165, 1.54) is 0 Å². The minimum atomic E-state index is -0.256. The molecule has 0 fully saturated rings. The number of hydrogen-bond donors (Lipinski definition) is 0. The minimum Gasteiger partial charge on any atom is -0.465 e. The maximum Gasteiger partial charge on any atom is 0.308 e. The predicted octanol–water partition coefficient (Wildman–Crippen LogP) is 3.34. The van der Waals surface area contributed by atoms with Crippen molar-refractivity contribution in [3.63, 3.8) is 0 Å². The van der Waals surface area contributed by atoms with Crippen LogP contribution in [0.4, 0.5) is 0 Å². The summed E-state index contributed by atoms with van der Waals surface area (Å²) in [6.45, 7) is 10.3. The van der Waals surface area contributed by atoms with Gasteiger partial charge in [-0.15, -0.1) is 0 Å². The van der Waals surface area contributed by atoms with Crippen molar-refractivity contribution in [3.05, 3.63) is 0 Å². The van der Waals surface area contributed by atoms with Gasteiger partial charge in [0, 0.05) is 11.8 Å². The largest absolute Gasteiger partial charge is 0.465 e. The molecule has 0 saturated heterocycles. The van der Waals surface area contributed by atoms with Crippen molar-refractivity contribution in [3.8, 4) is 0 Å². The molecule has 0 spiro atoms. The Labute approximate surface area is 116 Å². The molecule has 0 radical (unpaired) electrons. The summed E-state index contributed by atoms with van der Waals surface area (Å²) >= 11 is 0. The van der Waals surface area contributed by atoms with Crippen molar-refractivity contribution >= 4 is 11.9 Å². The lowest BCUT2D eigenvalue weighted by atomic mass is 9.84. The van der Waals surface area contributed by atoms with Gasteiger partial charge in [0.1, 0.15) is 13.2 Å². The first-order valence-electron chi connectivity index (χ1n) is 7.23. The number of carbonyl (C=O) groups is 2. The lowest BCUT2D eigenvalue weighted by molar-refractivity contribution is -0.156. The molecule has 112 valence electrons. The summed E-state index contributed by atoms with van der Waals surface area (Å²) in [5, 5.41) is 0. The van der Waals surface area contributed by atoms with E-state index in [1.54, 1.807) is 0 Å². The molecular formula is C15H28O4. The van der Waals surface area contributed by atoms with Gasteiger partial charge in [-0.1, -0.05) is 34.6 Å². The number of hydrogen-bond acceptors (Lipinski definition) is 4. The maximum atomic E-state index is 11.5. The molecule has 0 aliphatic heterocycles. The van der Waals surface area contributed by atoms with Gasteiger partial charge in [0.2, 0.25) is 0 Å². The van der Waals surface area contributed by atoms with Crippen molar-refractivity contribution < 1.29 is 19.1 Å². The van der Waals surface area contributed by atoms with E-state index >= 15 is 0 Å². The minimum absolute atomic E-state index is 0.131. The second-order valence-electron chi connectivity index (χ2n) is 5.38. The fourth-order valence-electron chi connectivity index (χ4n) is 1.60. The van der Waals surface area contributed by atoms with Crippen LogP contribution >= 0.6 is 0 Å². The zero-order valence-electron chi connectivity index (χ0n) is 13.0. The van der Waals surface area contributed by atoms with Crippen LogP contribution in [-0.4, -0.2) is 25.2 Å². The quantitative estimate of drug-likeness (QED) is 0.604. The molecule has 19 heavy (non-hydrogen) atoms. The Morgan fingerprint density at radius 2 is 1.53 bits per heavy atom. The Bertz CT molecular complexity index is 280. The third kappa shape index (κ3) is 6.60. The van der Waals surface area contributed by atoms with E-state index in [0.717, 1.165) is 19.3 Å². The van der Waals surface area contributed by atoms with Crippen LogP contribution in [0.25, 0.3) is 0 Å². The zero-order valence-corrected chi connectivity index (χ0v) is 13.0. The number of rotatable bonds is 9. The van der Waals surface area contributed by atoms with Crippen LogP contribution in [0.1, 0.15) is 60.3 Å². The molecule has 0 N–H and O–H groups in total. The van der Waals surface area contributed by atoms with Crippen LogP contribution in [-0.2, 0) is 19.1 Å². The monoisotopic (exact) mass is 272 g/mol. The van der Waals surface area contributed by atoms with Gasteiger partial charge in [-0.05, 0) is 19.3 Å². The molecular weight excluding hydrogens is 244 g/mol. The van der Waals surface area contributed by atoms with E-state index in [9.17, 15) is 9.59 Å². The summed E-state index contributed by atoms with van der Waals surface area (Å²) in [6.07, 6.45) is 2.85. The highest BCUT2D eigenvalue weighted by atomic mass is 16.5. The van der Waals surface area contributed by atoms with Crippen LogP contribution in [0.2, 0.25) is 0 Å². The molecule has 0 amide bonds. The Balaban J connectivity index is 4.41. The molecule has 0 aromatic carbocycles. The van der Waals surface area contributed by atoms with Crippen LogP contribution in [0, 0.1) is 11.3 Å². The summed E-state index contributed by atoms with van der Waals surface area (Å²) in [5.74, 6) is -0.510. The average molecular weight is 272 g/mol. The molecule has 0 heterocycles. The van der Waals surface area contributed by atoms with Gasteiger partial charge < -0.3 is 9.47 Å². The highest BCUT2D eigenvalue weighted by Gasteiger charge is 2.30. The molecule has 0 aliphatic rings. The Morgan fingerprint density at radius 3 is 1.95 bits per heavy atom. The van der Waals surface area contributed by atoms with E-state index in [-0.39, 0.29) is 23.3 Å². The molecule has 0 unspecified atom stereocenters. The van der Waals surface area contributed by atoms with Gasteiger partial charge in [0.15, 0.2) is 0 Å². The Hall–Kier alpha value is -1.06. The summed E-state index contributed by atoms with van der Waals surface area (Å²) < 4.78 is 10.6. The molecule has 0 aromatic heterocycles. The number of esters is 2. The number of ether oxygens (including phenoxy) is 2. The van der Waals surface area contributed by atoms with E-state index in [0.29, 0.717) is 19.6 Å². The molecule has 0 saturated carbocycles. The highest BCUT2D eigenvalue weighted by Crippen LogP contribution is 2.28. The first-order valence-corrected chi connectivity index (χ1v) is 7.23. The van der Waals surface area contributed by atoms with Crippen molar-refractivity contribution in [2.45, 2.75) is 60.3 Å². The van der Waals surface area contributed by atoms with Crippen molar-refractivity contribution in [1.29, 1.82) is 0 Å². The van der Waals surface area contributed by atoms with Gasteiger partial charge in [0.05, 0.1) is 5.92 Å². The third-order valence-electron chi connectivity index (χ3n) is 3.49. The van der Waals surface area contributed by atoms with Crippen molar-refractivity contribution in [1.82, 2.24) is 0 Å². The molecule has 0 atom stereocenters. The SMILES string of the molecule is CCCC(=O)OCC(CC)(CC)COC(=O)C(C)C. The first kappa shape index (κ1) is 17.9. The van der Waals surface area contributed by atoms with Gasteiger partial charge in [0.25, 0.3) is 0 Å². The van der Waals surface area contributed by atoms with E-state index in [2.05, 4.69) is 0 Å². The van der Waals surface area contributed by atoms with Crippen LogP contribution < -0.4 is 0 Å². The second-order valence-corrected chi connectivity index (χ2v) is 5.38. The zero-order chi connectivity index (χ0) is 14.9. The predicted molar refractivity (Wildman–Crippen MR) is 74.7 cm³/mol. The van der Waals surface area contributed by atoms with Gasteiger partial charge in [-0.2, -0.15) is 0 Å². The standard InChI is InChI=1S/C15H28O4/c1-6-9-13(16)18-10-15(7-2,8-3)11-19-14(17)12(4)5/h12H,6-11H2,1-5H3. The lowest BCUT2D eigenvalue weighted by Crippen LogP contribution is -2.34. The molecule has 0 aromatic rings. The summed E-state index contributed by atoms with van der Waals surface area (Å²) in [4.78, 5) is 23.0. The van der Waals surface area contributed by atoms with E-state index in [4.69, 9.17) is 9.47 Å².